The Morgan fingerprint density at radius 1 is 1.20 bits per heavy atom. The molecule has 0 aromatic rings. The van der Waals surface area contributed by atoms with E-state index in [1.165, 1.54) is 19.3 Å². The molecule has 0 amide bonds. The van der Waals surface area contributed by atoms with Gasteiger partial charge in [0, 0.05) is 18.6 Å². The molecule has 3 atom stereocenters. The van der Waals surface area contributed by atoms with Gasteiger partial charge in [0.15, 0.2) is 0 Å². The molecule has 2 fully saturated rings. The van der Waals surface area contributed by atoms with Crippen LogP contribution in [-0.2, 0) is 4.79 Å². The zero-order chi connectivity index (χ0) is 10.8. The van der Waals surface area contributed by atoms with E-state index in [9.17, 15) is 9.90 Å². The number of hydrogen-bond acceptors (Lipinski definition) is 2. The van der Waals surface area contributed by atoms with Crippen LogP contribution in [0.25, 0.3) is 0 Å². The van der Waals surface area contributed by atoms with E-state index in [4.69, 9.17) is 0 Å². The number of carbonyl (C=O) groups is 1. The molecule has 3 unspecified atom stereocenters. The average Bonchev–Trinajstić information content (AvgIpc) is 2.41. The third-order valence-corrected chi connectivity index (χ3v) is 4.09. The van der Waals surface area contributed by atoms with Gasteiger partial charge in [-0.15, -0.1) is 0 Å². The zero-order valence-electron chi connectivity index (χ0n) is 9.48. The van der Waals surface area contributed by atoms with Crippen LogP contribution in [0, 0.1) is 5.92 Å². The SMILES string of the molecule is CC1CCN1C1CCCCCC1C(=O)O. The molecule has 0 bridgehead atoms. The fourth-order valence-corrected chi connectivity index (χ4v) is 3.00. The van der Waals surface area contributed by atoms with Gasteiger partial charge in [-0.25, -0.2) is 0 Å². The van der Waals surface area contributed by atoms with Gasteiger partial charge in [0.05, 0.1) is 5.92 Å². The molecular weight excluding hydrogens is 190 g/mol. The minimum Gasteiger partial charge on any atom is -0.481 e. The second-order valence-corrected chi connectivity index (χ2v) is 5.03. The molecule has 86 valence electrons. The van der Waals surface area contributed by atoms with E-state index in [0.717, 1.165) is 25.8 Å². The Kier molecular flexibility index (Phi) is 3.29. The molecule has 1 saturated carbocycles. The first-order valence-electron chi connectivity index (χ1n) is 6.18. The first-order valence-corrected chi connectivity index (χ1v) is 6.18. The van der Waals surface area contributed by atoms with Crippen molar-refractivity contribution < 1.29 is 9.90 Å². The van der Waals surface area contributed by atoms with Crippen molar-refractivity contribution in [1.29, 1.82) is 0 Å². The van der Waals surface area contributed by atoms with Gasteiger partial charge >= 0.3 is 5.97 Å². The van der Waals surface area contributed by atoms with E-state index in [2.05, 4.69) is 11.8 Å². The molecular formula is C12H21NO2. The predicted molar refractivity (Wildman–Crippen MR) is 58.8 cm³/mol. The number of carboxylic acid groups (broad SMARTS) is 1. The van der Waals surface area contributed by atoms with Crippen LogP contribution in [0.4, 0.5) is 0 Å². The number of hydrogen-bond donors (Lipinski definition) is 1. The lowest BCUT2D eigenvalue weighted by atomic mass is 9.89. The second-order valence-electron chi connectivity index (χ2n) is 5.03. The minimum absolute atomic E-state index is 0.116. The standard InChI is InChI=1S/C12H21NO2/c1-9-7-8-13(9)11-6-4-2-3-5-10(11)12(14)15/h9-11H,2-8H2,1H3,(H,14,15). The highest BCUT2D eigenvalue weighted by Gasteiger charge is 2.38. The van der Waals surface area contributed by atoms with E-state index in [1.807, 2.05) is 0 Å². The lowest BCUT2D eigenvalue weighted by Crippen LogP contribution is -2.55. The molecule has 1 saturated heterocycles. The lowest BCUT2D eigenvalue weighted by molar-refractivity contribution is -0.146. The van der Waals surface area contributed by atoms with Gasteiger partial charge < -0.3 is 5.11 Å². The molecule has 1 aliphatic carbocycles. The van der Waals surface area contributed by atoms with Crippen molar-refractivity contribution in [2.24, 2.45) is 5.92 Å². The number of aliphatic carboxylic acids is 1. The third-order valence-electron chi connectivity index (χ3n) is 4.09. The van der Waals surface area contributed by atoms with Crippen LogP contribution in [0.1, 0.15) is 45.4 Å². The summed E-state index contributed by atoms with van der Waals surface area (Å²) in [7, 11) is 0. The summed E-state index contributed by atoms with van der Waals surface area (Å²) in [5.41, 5.74) is 0. The van der Waals surface area contributed by atoms with Crippen LogP contribution >= 0.6 is 0 Å². The summed E-state index contributed by atoms with van der Waals surface area (Å²) in [5, 5.41) is 9.26. The normalized spacial score (nSPS) is 38.1. The average molecular weight is 211 g/mol. The summed E-state index contributed by atoms with van der Waals surface area (Å²) < 4.78 is 0. The molecule has 1 aliphatic heterocycles. The maximum absolute atomic E-state index is 11.2. The van der Waals surface area contributed by atoms with Crippen LogP contribution < -0.4 is 0 Å². The number of rotatable bonds is 2. The Bertz CT molecular complexity index is 242. The lowest BCUT2D eigenvalue weighted by Gasteiger charge is -2.46. The van der Waals surface area contributed by atoms with Crippen molar-refractivity contribution in [2.75, 3.05) is 6.54 Å². The van der Waals surface area contributed by atoms with E-state index in [0.29, 0.717) is 12.1 Å². The highest BCUT2D eigenvalue weighted by molar-refractivity contribution is 5.71. The molecule has 0 spiro atoms. The van der Waals surface area contributed by atoms with Crippen molar-refractivity contribution in [3.05, 3.63) is 0 Å². The predicted octanol–water partition coefficient (Wildman–Crippen LogP) is 2.11. The second kappa shape index (κ2) is 4.52. The van der Waals surface area contributed by atoms with Gasteiger partial charge in [-0.1, -0.05) is 19.3 Å². The maximum atomic E-state index is 11.2. The summed E-state index contributed by atoms with van der Waals surface area (Å²) in [6.07, 6.45) is 6.71. The molecule has 0 aromatic heterocycles. The fraction of sp³-hybridized carbons (Fsp3) is 0.917. The van der Waals surface area contributed by atoms with Crippen molar-refractivity contribution >= 4 is 5.97 Å². The van der Waals surface area contributed by atoms with Gasteiger partial charge in [0.1, 0.15) is 0 Å². The summed E-state index contributed by atoms with van der Waals surface area (Å²) >= 11 is 0. The number of likely N-dealkylation sites (tertiary alicyclic amines) is 1. The van der Waals surface area contributed by atoms with E-state index in [-0.39, 0.29) is 5.92 Å². The smallest absolute Gasteiger partial charge is 0.308 e. The maximum Gasteiger partial charge on any atom is 0.308 e. The largest absolute Gasteiger partial charge is 0.481 e. The quantitative estimate of drug-likeness (QED) is 0.711. The molecule has 1 N–H and O–H groups in total. The monoisotopic (exact) mass is 211 g/mol. The Balaban J connectivity index is 2.06. The summed E-state index contributed by atoms with van der Waals surface area (Å²) in [6.45, 7) is 3.32. The van der Waals surface area contributed by atoms with Crippen LogP contribution in [0.2, 0.25) is 0 Å². The summed E-state index contributed by atoms with van der Waals surface area (Å²) in [4.78, 5) is 13.6. The van der Waals surface area contributed by atoms with Gasteiger partial charge in [-0.2, -0.15) is 0 Å². The molecule has 0 radical (unpaired) electrons. The van der Waals surface area contributed by atoms with Crippen molar-refractivity contribution in [2.45, 2.75) is 57.5 Å². The molecule has 2 aliphatic rings. The van der Waals surface area contributed by atoms with Crippen molar-refractivity contribution in [1.82, 2.24) is 4.90 Å². The molecule has 1 heterocycles. The first-order chi connectivity index (χ1) is 7.20. The Hall–Kier alpha value is -0.570. The van der Waals surface area contributed by atoms with Crippen molar-refractivity contribution in [3.63, 3.8) is 0 Å². The fourth-order valence-electron chi connectivity index (χ4n) is 3.00. The van der Waals surface area contributed by atoms with Gasteiger partial charge in [-0.3, -0.25) is 9.69 Å². The number of nitrogens with zero attached hydrogens (tertiary/aromatic N) is 1. The molecule has 2 rings (SSSR count). The zero-order valence-corrected chi connectivity index (χ0v) is 9.48. The van der Waals surface area contributed by atoms with E-state index < -0.39 is 5.97 Å². The molecule has 0 aromatic carbocycles. The van der Waals surface area contributed by atoms with Crippen LogP contribution in [-0.4, -0.2) is 34.6 Å². The molecule has 15 heavy (non-hydrogen) atoms. The van der Waals surface area contributed by atoms with Crippen molar-refractivity contribution in [3.8, 4) is 0 Å². The minimum atomic E-state index is -0.582. The van der Waals surface area contributed by atoms with Crippen LogP contribution in [0.5, 0.6) is 0 Å². The highest BCUT2D eigenvalue weighted by atomic mass is 16.4. The number of carboxylic acids is 1. The van der Waals surface area contributed by atoms with E-state index in [1.54, 1.807) is 0 Å². The van der Waals surface area contributed by atoms with Gasteiger partial charge in [0.25, 0.3) is 0 Å². The van der Waals surface area contributed by atoms with Crippen LogP contribution in [0.3, 0.4) is 0 Å². The summed E-state index contributed by atoms with van der Waals surface area (Å²) in [6, 6.07) is 0.920. The third kappa shape index (κ3) is 2.17. The molecule has 3 heteroatoms. The Labute approximate surface area is 91.5 Å². The molecule has 3 nitrogen and oxygen atoms in total. The topological polar surface area (TPSA) is 40.5 Å². The van der Waals surface area contributed by atoms with Gasteiger partial charge in [-0.05, 0) is 26.2 Å². The van der Waals surface area contributed by atoms with Crippen LogP contribution in [0.15, 0.2) is 0 Å². The van der Waals surface area contributed by atoms with E-state index >= 15 is 0 Å². The highest BCUT2D eigenvalue weighted by Crippen LogP contribution is 2.32. The Morgan fingerprint density at radius 3 is 2.47 bits per heavy atom. The summed E-state index contributed by atoms with van der Waals surface area (Å²) in [5.74, 6) is -0.698. The van der Waals surface area contributed by atoms with Gasteiger partial charge in [0.2, 0.25) is 0 Å². The first kappa shape index (κ1) is 10.9. The Morgan fingerprint density at radius 2 is 1.93 bits per heavy atom.